The van der Waals surface area contributed by atoms with E-state index in [1.807, 2.05) is 30.3 Å². The molecule has 2 N–H and O–H groups in total. The zero-order valence-corrected chi connectivity index (χ0v) is 15.7. The van der Waals surface area contributed by atoms with Crippen LogP contribution >= 0.6 is 23.1 Å². The van der Waals surface area contributed by atoms with Gasteiger partial charge in [0.25, 0.3) is 11.1 Å². The van der Waals surface area contributed by atoms with Crippen LogP contribution < -0.4 is 10.6 Å². The lowest BCUT2D eigenvalue weighted by Gasteiger charge is -2.08. The Morgan fingerprint density at radius 3 is 2.59 bits per heavy atom. The topological polar surface area (TPSA) is 102 Å². The molecule has 0 unspecified atom stereocenters. The molecule has 3 rings (SSSR count). The van der Waals surface area contributed by atoms with Crippen LogP contribution in [0.5, 0.6) is 0 Å². The number of carbonyl (C=O) groups is 4. The van der Waals surface area contributed by atoms with Gasteiger partial charge >= 0.3 is 5.97 Å². The van der Waals surface area contributed by atoms with Crippen molar-refractivity contribution in [2.45, 2.75) is 6.92 Å². The van der Waals surface area contributed by atoms with Gasteiger partial charge in [-0.1, -0.05) is 30.3 Å². The van der Waals surface area contributed by atoms with Crippen molar-refractivity contribution in [1.29, 1.82) is 0 Å². The number of imide groups is 1. The Morgan fingerprint density at radius 2 is 1.96 bits per heavy atom. The molecule has 1 aromatic carbocycles. The fourth-order valence-electron chi connectivity index (χ4n) is 2.37. The Bertz CT molecular complexity index is 950. The van der Waals surface area contributed by atoms with E-state index in [1.165, 1.54) is 11.3 Å². The summed E-state index contributed by atoms with van der Waals surface area (Å²) < 4.78 is 5.12. The van der Waals surface area contributed by atoms with Gasteiger partial charge in [-0.05, 0) is 24.2 Å². The predicted molar refractivity (Wildman–Crippen MR) is 104 cm³/mol. The van der Waals surface area contributed by atoms with Crippen molar-refractivity contribution in [3.8, 4) is 11.1 Å². The zero-order chi connectivity index (χ0) is 19.4. The molecular weight excluding hydrogens is 388 g/mol. The number of ether oxygens (including phenoxy) is 1. The molecule has 7 nitrogen and oxygen atoms in total. The summed E-state index contributed by atoms with van der Waals surface area (Å²) in [7, 11) is 0. The second kappa shape index (κ2) is 8.19. The fraction of sp³-hybridized carbons (Fsp3) is 0.111. The van der Waals surface area contributed by atoms with Crippen molar-refractivity contribution in [3.05, 3.63) is 52.3 Å². The molecule has 2 heterocycles. The average Bonchev–Trinajstić information content (AvgIpc) is 3.18. The van der Waals surface area contributed by atoms with Crippen molar-refractivity contribution >= 4 is 51.1 Å². The lowest BCUT2D eigenvalue weighted by Crippen LogP contribution is -2.19. The van der Waals surface area contributed by atoms with E-state index in [-0.39, 0.29) is 17.1 Å². The molecule has 0 aliphatic carbocycles. The summed E-state index contributed by atoms with van der Waals surface area (Å²) in [5.74, 6) is -1.79. The van der Waals surface area contributed by atoms with Gasteiger partial charge in [0.05, 0.1) is 11.5 Å². The Kier molecular flexibility index (Phi) is 5.72. The maximum absolute atomic E-state index is 12.4. The third-order valence-electron chi connectivity index (χ3n) is 3.50. The predicted octanol–water partition coefficient (Wildman–Crippen LogP) is 3.40. The highest BCUT2D eigenvalue weighted by Crippen LogP contribution is 2.36. The number of anilines is 1. The van der Waals surface area contributed by atoms with Crippen LogP contribution in [0.4, 0.5) is 9.80 Å². The quantitative estimate of drug-likeness (QED) is 0.587. The van der Waals surface area contributed by atoms with Crippen LogP contribution in [0.3, 0.4) is 0 Å². The van der Waals surface area contributed by atoms with Crippen LogP contribution in [0.2, 0.25) is 0 Å². The second-order valence-electron chi connectivity index (χ2n) is 5.28. The number of esters is 1. The van der Waals surface area contributed by atoms with Gasteiger partial charge in [0.15, 0.2) is 0 Å². The van der Waals surface area contributed by atoms with Gasteiger partial charge < -0.3 is 10.1 Å². The number of benzene rings is 1. The molecule has 1 aliphatic heterocycles. The first kappa shape index (κ1) is 18.9. The summed E-state index contributed by atoms with van der Waals surface area (Å²) in [4.78, 5) is 47.4. The molecule has 1 aliphatic rings. The first-order valence-electron chi connectivity index (χ1n) is 7.89. The highest BCUT2D eigenvalue weighted by atomic mass is 32.2. The minimum atomic E-state index is -0.623. The monoisotopic (exact) mass is 402 g/mol. The number of hydrogen-bond donors (Lipinski definition) is 2. The first-order chi connectivity index (χ1) is 13.0. The number of carbonyl (C=O) groups excluding carboxylic acids is 4. The van der Waals surface area contributed by atoms with Gasteiger partial charge in [-0.15, -0.1) is 11.3 Å². The van der Waals surface area contributed by atoms with Crippen LogP contribution in [0.1, 0.15) is 17.3 Å². The number of amides is 3. The van der Waals surface area contributed by atoms with Gasteiger partial charge in [0, 0.05) is 17.0 Å². The van der Waals surface area contributed by atoms with Crippen molar-refractivity contribution in [3.63, 3.8) is 0 Å². The molecule has 0 saturated carbocycles. The van der Waals surface area contributed by atoms with Crippen molar-refractivity contribution in [2.24, 2.45) is 0 Å². The van der Waals surface area contributed by atoms with Crippen LogP contribution in [-0.4, -0.2) is 29.6 Å². The maximum Gasteiger partial charge on any atom is 0.341 e. The van der Waals surface area contributed by atoms with Gasteiger partial charge in [-0.2, -0.15) is 0 Å². The van der Waals surface area contributed by atoms with Gasteiger partial charge in [0.1, 0.15) is 10.6 Å². The number of thioether (sulfide) groups is 1. The van der Waals surface area contributed by atoms with Crippen molar-refractivity contribution < 1.29 is 23.9 Å². The minimum Gasteiger partial charge on any atom is -0.462 e. The third-order valence-corrected chi connectivity index (χ3v) is 5.20. The molecule has 0 atom stereocenters. The number of rotatable bonds is 5. The summed E-state index contributed by atoms with van der Waals surface area (Å²) in [6, 6.07) is 9.25. The number of hydrogen-bond acceptors (Lipinski definition) is 7. The highest BCUT2D eigenvalue weighted by molar-refractivity contribution is 8.18. The van der Waals surface area contributed by atoms with E-state index in [4.69, 9.17) is 4.74 Å². The number of thiophene rings is 1. The summed E-state index contributed by atoms with van der Waals surface area (Å²) in [5, 5.41) is 6.20. The number of nitrogens with one attached hydrogen (secondary N) is 2. The molecule has 0 bridgehead atoms. The van der Waals surface area contributed by atoms with E-state index < -0.39 is 23.0 Å². The van der Waals surface area contributed by atoms with Crippen LogP contribution in [0, 0.1) is 0 Å². The van der Waals surface area contributed by atoms with E-state index in [9.17, 15) is 19.2 Å². The summed E-state index contributed by atoms with van der Waals surface area (Å²) in [6.45, 7) is 1.89. The second-order valence-corrected chi connectivity index (χ2v) is 7.18. The van der Waals surface area contributed by atoms with Gasteiger partial charge in [-0.3, -0.25) is 19.7 Å². The largest absolute Gasteiger partial charge is 0.462 e. The normalized spacial score (nSPS) is 14.9. The standard InChI is InChI=1S/C18H14N2O5S2/c1-2-25-17(23)14-11(10-6-4-3-5-7-10)9-26-16(14)19-13(21)8-12-15(22)20-18(24)27-12/h3-9H,2H2,1H3,(H,19,21)(H,20,22,24)/b12-8-. The highest BCUT2D eigenvalue weighted by Gasteiger charge is 2.27. The van der Waals surface area contributed by atoms with E-state index in [2.05, 4.69) is 10.6 Å². The lowest BCUT2D eigenvalue weighted by atomic mass is 10.0. The van der Waals surface area contributed by atoms with E-state index in [0.29, 0.717) is 22.3 Å². The summed E-state index contributed by atoms with van der Waals surface area (Å²) in [5.41, 5.74) is 1.71. The van der Waals surface area contributed by atoms with Crippen LogP contribution in [0.25, 0.3) is 11.1 Å². The third kappa shape index (κ3) is 4.26. The maximum atomic E-state index is 12.4. The van der Waals surface area contributed by atoms with Crippen LogP contribution in [-0.2, 0) is 14.3 Å². The fourth-order valence-corrected chi connectivity index (χ4v) is 3.99. The Balaban J connectivity index is 1.91. The molecule has 1 saturated heterocycles. The molecule has 0 radical (unpaired) electrons. The Hall–Kier alpha value is -2.91. The smallest absolute Gasteiger partial charge is 0.341 e. The molecule has 1 fully saturated rings. The minimum absolute atomic E-state index is 0.00461. The summed E-state index contributed by atoms with van der Waals surface area (Å²) >= 11 is 1.82. The zero-order valence-electron chi connectivity index (χ0n) is 14.1. The molecule has 9 heteroatoms. The molecule has 0 spiro atoms. The Morgan fingerprint density at radius 1 is 1.22 bits per heavy atom. The van der Waals surface area contributed by atoms with Gasteiger partial charge in [0.2, 0.25) is 5.91 Å². The average molecular weight is 402 g/mol. The Labute approximate surface area is 162 Å². The first-order valence-corrected chi connectivity index (χ1v) is 9.59. The van der Waals surface area contributed by atoms with Crippen molar-refractivity contribution in [2.75, 3.05) is 11.9 Å². The van der Waals surface area contributed by atoms with E-state index in [1.54, 1.807) is 12.3 Å². The van der Waals surface area contributed by atoms with E-state index in [0.717, 1.165) is 11.6 Å². The molecule has 138 valence electrons. The van der Waals surface area contributed by atoms with Crippen molar-refractivity contribution in [1.82, 2.24) is 5.32 Å². The summed E-state index contributed by atoms with van der Waals surface area (Å²) in [6.07, 6.45) is 1.03. The molecule has 2 aromatic rings. The lowest BCUT2D eigenvalue weighted by molar-refractivity contribution is -0.116. The molecule has 1 aromatic heterocycles. The molecule has 3 amide bonds. The van der Waals surface area contributed by atoms with Crippen LogP contribution in [0.15, 0.2) is 46.7 Å². The molecule has 27 heavy (non-hydrogen) atoms. The van der Waals surface area contributed by atoms with Gasteiger partial charge in [-0.25, -0.2) is 4.79 Å². The SMILES string of the molecule is CCOC(=O)c1c(-c2ccccc2)csc1NC(=O)/C=C1\SC(=O)NC1=O. The molecular formula is C18H14N2O5S2. The van der Waals surface area contributed by atoms with E-state index >= 15 is 0 Å².